The molecule has 0 radical (unpaired) electrons. The summed E-state index contributed by atoms with van der Waals surface area (Å²) in [5.41, 5.74) is 0. The van der Waals surface area contributed by atoms with Crippen molar-refractivity contribution >= 4 is 5.97 Å². The van der Waals surface area contributed by atoms with E-state index in [9.17, 15) is 4.79 Å². The van der Waals surface area contributed by atoms with Gasteiger partial charge in [0.1, 0.15) is 6.04 Å². The highest BCUT2D eigenvalue weighted by Gasteiger charge is 2.15. The molecular weight excluding hydrogens is 196 g/mol. The van der Waals surface area contributed by atoms with Crippen molar-refractivity contribution in [2.75, 3.05) is 40.9 Å². The monoisotopic (exact) mass is 218 g/mol. The summed E-state index contributed by atoms with van der Waals surface area (Å²) < 4.78 is 4.81. The summed E-state index contributed by atoms with van der Waals surface area (Å²) in [5.74, 6) is -0.857. The van der Waals surface area contributed by atoms with Crippen LogP contribution in [0.3, 0.4) is 0 Å². The summed E-state index contributed by atoms with van der Waals surface area (Å²) >= 11 is 0. The minimum atomic E-state index is -0.857. The van der Waals surface area contributed by atoms with Gasteiger partial charge in [-0.3, -0.25) is 4.79 Å². The quantitative estimate of drug-likeness (QED) is 0.534. The number of unbranched alkanes of at least 4 members (excludes halogenated alkanes) is 1. The van der Waals surface area contributed by atoms with Crippen LogP contribution in [0, 0.1) is 0 Å². The van der Waals surface area contributed by atoms with Crippen molar-refractivity contribution in [3.8, 4) is 0 Å². The maximum Gasteiger partial charge on any atom is 0.323 e. The fraction of sp³-hybridized carbons (Fsp3) is 0.900. The molecule has 0 bridgehead atoms. The number of carboxylic acid groups (broad SMARTS) is 1. The Kier molecular flexibility index (Phi) is 8.27. The first-order valence-corrected chi connectivity index (χ1v) is 5.17. The molecule has 0 aliphatic rings. The average molecular weight is 218 g/mol. The number of nitrogens with zero attached hydrogens (tertiary/aromatic N) is 1. The van der Waals surface area contributed by atoms with Crippen molar-refractivity contribution in [2.24, 2.45) is 0 Å². The Morgan fingerprint density at radius 1 is 1.47 bits per heavy atom. The minimum Gasteiger partial charge on any atom is -0.480 e. The summed E-state index contributed by atoms with van der Waals surface area (Å²) in [6.07, 6.45) is 2.05. The Balaban J connectivity index is 3.49. The lowest BCUT2D eigenvalue weighted by Gasteiger charge is -2.14. The predicted molar refractivity (Wildman–Crippen MR) is 59.1 cm³/mol. The van der Waals surface area contributed by atoms with E-state index in [0.29, 0.717) is 6.54 Å². The highest BCUT2D eigenvalue weighted by Crippen LogP contribution is 1.91. The van der Waals surface area contributed by atoms with E-state index in [-0.39, 0.29) is 6.61 Å². The first kappa shape index (κ1) is 14.3. The molecule has 0 spiro atoms. The third-order valence-electron chi connectivity index (χ3n) is 2.05. The van der Waals surface area contributed by atoms with E-state index in [1.165, 1.54) is 7.11 Å². The van der Waals surface area contributed by atoms with Crippen LogP contribution in [0.4, 0.5) is 0 Å². The van der Waals surface area contributed by atoms with E-state index in [4.69, 9.17) is 9.84 Å². The van der Waals surface area contributed by atoms with Crippen LogP contribution in [0.2, 0.25) is 0 Å². The Morgan fingerprint density at radius 2 is 2.13 bits per heavy atom. The van der Waals surface area contributed by atoms with E-state index in [1.54, 1.807) is 0 Å². The van der Waals surface area contributed by atoms with Gasteiger partial charge in [0.2, 0.25) is 0 Å². The number of rotatable bonds is 9. The maximum absolute atomic E-state index is 10.7. The Hall–Kier alpha value is -0.650. The molecule has 1 unspecified atom stereocenters. The summed E-state index contributed by atoms with van der Waals surface area (Å²) in [7, 11) is 5.56. The van der Waals surface area contributed by atoms with Crippen molar-refractivity contribution in [2.45, 2.75) is 18.9 Å². The molecule has 0 amide bonds. The maximum atomic E-state index is 10.7. The number of ether oxygens (including phenoxy) is 1. The molecule has 0 saturated carbocycles. The van der Waals surface area contributed by atoms with E-state index in [1.807, 2.05) is 14.1 Å². The van der Waals surface area contributed by atoms with Gasteiger partial charge in [-0.15, -0.1) is 0 Å². The molecule has 90 valence electrons. The third kappa shape index (κ3) is 8.35. The molecule has 0 aromatic heterocycles. The van der Waals surface area contributed by atoms with E-state index in [2.05, 4.69) is 10.2 Å². The second kappa shape index (κ2) is 8.64. The van der Waals surface area contributed by atoms with Gasteiger partial charge < -0.3 is 20.1 Å². The summed E-state index contributed by atoms with van der Waals surface area (Å²) in [4.78, 5) is 12.8. The molecule has 0 aromatic carbocycles. The standard InChI is InChI=1S/C10H22N2O3/c1-12(2)7-5-4-6-11-9(8-15-3)10(13)14/h9,11H,4-8H2,1-3H3,(H,13,14). The molecule has 5 heteroatoms. The van der Waals surface area contributed by atoms with Crippen LogP contribution in [-0.2, 0) is 9.53 Å². The number of hydrogen-bond acceptors (Lipinski definition) is 4. The van der Waals surface area contributed by atoms with E-state index in [0.717, 1.165) is 19.4 Å². The Morgan fingerprint density at radius 3 is 2.60 bits per heavy atom. The zero-order valence-corrected chi connectivity index (χ0v) is 9.82. The molecule has 1 atom stereocenters. The molecule has 0 heterocycles. The lowest BCUT2D eigenvalue weighted by atomic mass is 10.2. The molecular formula is C10H22N2O3. The highest BCUT2D eigenvalue weighted by atomic mass is 16.5. The largest absolute Gasteiger partial charge is 0.480 e. The van der Waals surface area contributed by atoms with Crippen LogP contribution in [0.1, 0.15) is 12.8 Å². The molecule has 0 fully saturated rings. The number of hydrogen-bond donors (Lipinski definition) is 2. The average Bonchev–Trinajstić information content (AvgIpc) is 2.15. The molecule has 15 heavy (non-hydrogen) atoms. The topological polar surface area (TPSA) is 61.8 Å². The summed E-state index contributed by atoms with van der Waals surface area (Å²) in [6, 6.07) is -0.589. The lowest BCUT2D eigenvalue weighted by molar-refractivity contribution is -0.140. The van der Waals surface area contributed by atoms with Gasteiger partial charge in [-0.1, -0.05) is 0 Å². The molecule has 0 aliphatic carbocycles. The van der Waals surface area contributed by atoms with Crippen molar-refractivity contribution in [3.05, 3.63) is 0 Å². The van der Waals surface area contributed by atoms with Crippen LogP contribution in [0.5, 0.6) is 0 Å². The SMILES string of the molecule is COCC(NCCCCN(C)C)C(=O)O. The fourth-order valence-corrected chi connectivity index (χ4v) is 1.21. The lowest BCUT2D eigenvalue weighted by Crippen LogP contribution is -2.40. The van der Waals surface area contributed by atoms with Crippen molar-refractivity contribution in [1.82, 2.24) is 10.2 Å². The van der Waals surface area contributed by atoms with Gasteiger partial charge in [0.15, 0.2) is 0 Å². The second-order valence-electron chi connectivity index (χ2n) is 3.81. The number of carbonyl (C=O) groups is 1. The summed E-state index contributed by atoms with van der Waals surface area (Å²) in [5, 5.41) is 11.7. The van der Waals surface area contributed by atoms with Gasteiger partial charge in [-0.05, 0) is 40.0 Å². The van der Waals surface area contributed by atoms with Crippen molar-refractivity contribution in [3.63, 3.8) is 0 Å². The van der Waals surface area contributed by atoms with E-state index >= 15 is 0 Å². The normalized spacial score (nSPS) is 13.1. The zero-order chi connectivity index (χ0) is 11.7. The van der Waals surface area contributed by atoms with Crippen LogP contribution < -0.4 is 5.32 Å². The number of nitrogens with one attached hydrogen (secondary N) is 1. The third-order valence-corrected chi connectivity index (χ3v) is 2.05. The van der Waals surface area contributed by atoms with Crippen molar-refractivity contribution in [1.29, 1.82) is 0 Å². The first-order valence-electron chi connectivity index (χ1n) is 5.17. The van der Waals surface area contributed by atoms with Gasteiger partial charge >= 0.3 is 5.97 Å². The Labute approximate surface area is 91.4 Å². The fourth-order valence-electron chi connectivity index (χ4n) is 1.21. The van der Waals surface area contributed by atoms with Gasteiger partial charge in [0, 0.05) is 7.11 Å². The molecule has 0 aromatic rings. The highest BCUT2D eigenvalue weighted by molar-refractivity contribution is 5.73. The van der Waals surface area contributed by atoms with Crippen LogP contribution in [0.15, 0.2) is 0 Å². The second-order valence-corrected chi connectivity index (χ2v) is 3.81. The molecule has 0 rings (SSSR count). The van der Waals surface area contributed by atoms with Gasteiger partial charge in [0.25, 0.3) is 0 Å². The van der Waals surface area contributed by atoms with E-state index < -0.39 is 12.0 Å². The van der Waals surface area contributed by atoms with Crippen LogP contribution in [0.25, 0.3) is 0 Å². The van der Waals surface area contributed by atoms with Crippen LogP contribution >= 0.6 is 0 Å². The molecule has 0 aliphatic heterocycles. The molecule has 2 N–H and O–H groups in total. The number of aliphatic carboxylic acids is 1. The zero-order valence-electron chi connectivity index (χ0n) is 9.82. The molecule has 0 saturated heterocycles. The van der Waals surface area contributed by atoms with Gasteiger partial charge in [0.05, 0.1) is 6.61 Å². The minimum absolute atomic E-state index is 0.211. The summed E-state index contributed by atoms with van der Waals surface area (Å²) in [6.45, 7) is 1.96. The first-order chi connectivity index (χ1) is 7.07. The number of methoxy groups -OCH3 is 1. The smallest absolute Gasteiger partial charge is 0.323 e. The number of carboxylic acids is 1. The Bertz CT molecular complexity index is 174. The predicted octanol–water partition coefficient (Wildman–Crippen LogP) is 0.0174. The van der Waals surface area contributed by atoms with Gasteiger partial charge in [-0.2, -0.15) is 0 Å². The van der Waals surface area contributed by atoms with Gasteiger partial charge in [-0.25, -0.2) is 0 Å². The molecule has 5 nitrogen and oxygen atoms in total. The van der Waals surface area contributed by atoms with Crippen LogP contribution in [-0.4, -0.2) is 62.9 Å². The van der Waals surface area contributed by atoms with Crippen molar-refractivity contribution < 1.29 is 14.6 Å².